The second-order valence-corrected chi connectivity index (χ2v) is 8.34. The maximum absolute atomic E-state index is 12.4. The van der Waals surface area contributed by atoms with Crippen LogP contribution in [-0.4, -0.2) is 33.8 Å². The topological polar surface area (TPSA) is 84.2 Å². The van der Waals surface area contributed by atoms with Crippen molar-refractivity contribution >= 4 is 43.4 Å². The summed E-state index contributed by atoms with van der Waals surface area (Å²) in [6.45, 7) is 3.17. The van der Waals surface area contributed by atoms with Crippen LogP contribution in [0.5, 0.6) is 0 Å². The molecule has 0 bridgehead atoms. The van der Waals surface area contributed by atoms with Crippen LogP contribution in [0.15, 0.2) is 39.3 Å². The molecule has 1 aliphatic heterocycles. The minimum atomic E-state index is -0.364. The van der Waals surface area contributed by atoms with Gasteiger partial charge in [0.2, 0.25) is 10.3 Å². The predicted molar refractivity (Wildman–Crippen MR) is 108 cm³/mol. The van der Waals surface area contributed by atoms with Crippen molar-refractivity contribution in [1.82, 2.24) is 15.4 Å². The van der Waals surface area contributed by atoms with Gasteiger partial charge in [-0.25, -0.2) is 0 Å². The van der Waals surface area contributed by atoms with Gasteiger partial charge < -0.3 is 9.42 Å². The Balaban J connectivity index is 1.44. The molecule has 1 aliphatic rings. The number of piperidine rings is 1. The van der Waals surface area contributed by atoms with E-state index in [4.69, 9.17) is 4.52 Å². The Morgan fingerprint density at radius 3 is 2.89 bits per heavy atom. The molecule has 0 saturated carbocycles. The first-order valence-electron chi connectivity index (χ1n) is 8.74. The van der Waals surface area contributed by atoms with Gasteiger partial charge in [-0.3, -0.25) is 10.1 Å². The Hall–Kier alpha value is -2.26. The molecule has 0 spiro atoms. The third-order valence-electron chi connectivity index (χ3n) is 4.56. The lowest BCUT2D eigenvalue weighted by molar-refractivity contribution is 0.101. The average Bonchev–Trinajstić information content (AvgIpc) is 3.33. The van der Waals surface area contributed by atoms with Crippen LogP contribution in [0.4, 0.5) is 10.3 Å². The summed E-state index contributed by atoms with van der Waals surface area (Å²) in [4.78, 5) is 14.7. The fourth-order valence-corrected chi connectivity index (χ4v) is 4.19. The number of rotatable bonds is 4. The average molecular weight is 448 g/mol. The van der Waals surface area contributed by atoms with Gasteiger partial charge in [-0.15, -0.1) is 10.2 Å². The fourth-order valence-electron chi connectivity index (χ4n) is 3.06. The molecular formula is C18H18BrN5O2S. The molecule has 7 nitrogen and oxygen atoms in total. The summed E-state index contributed by atoms with van der Waals surface area (Å²) >= 11 is 4.77. The first-order valence-corrected chi connectivity index (χ1v) is 10.4. The highest BCUT2D eigenvalue weighted by atomic mass is 79.9. The van der Waals surface area contributed by atoms with Gasteiger partial charge in [0.05, 0.1) is 0 Å². The molecule has 1 saturated heterocycles. The minimum Gasteiger partial charge on any atom is -0.355 e. The smallest absolute Gasteiger partial charge is 0.279 e. The van der Waals surface area contributed by atoms with Crippen LogP contribution in [0.2, 0.25) is 0 Å². The van der Waals surface area contributed by atoms with Gasteiger partial charge in [-0.05, 0) is 38.3 Å². The number of benzene rings is 1. The Bertz CT molecular complexity index is 939. The van der Waals surface area contributed by atoms with Gasteiger partial charge in [0.25, 0.3) is 5.91 Å². The summed E-state index contributed by atoms with van der Waals surface area (Å²) < 4.78 is 6.27. The van der Waals surface area contributed by atoms with Crippen molar-refractivity contribution in [3.8, 4) is 11.3 Å². The number of nitrogens with zero attached hydrogens (tertiary/aromatic N) is 4. The van der Waals surface area contributed by atoms with Crippen molar-refractivity contribution in [2.24, 2.45) is 0 Å². The largest absolute Gasteiger partial charge is 0.355 e. The van der Waals surface area contributed by atoms with Crippen molar-refractivity contribution < 1.29 is 9.32 Å². The summed E-state index contributed by atoms with van der Waals surface area (Å²) in [6.07, 6.45) is 3.55. The van der Waals surface area contributed by atoms with E-state index in [1.165, 1.54) is 17.8 Å². The van der Waals surface area contributed by atoms with Crippen molar-refractivity contribution in [1.29, 1.82) is 0 Å². The predicted octanol–water partition coefficient (Wildman–Crippen LogP) is 4.59. The van der Waals surface area contributed by atoms with E-state index in [0.29, 0.717) is 16.9 Å². The van der Waals surface area contributed by atoms with E-state index in [1.54, 1.807) is 6.07 Å². The first kappa shape index (κ1) is 18.1. The maximum Gasteiger partial charge on any atom is 0.279 e. The lowest BCUT2D eigenvalue weighted by Gasteiger charge is -2.32. The van der Waals surface area contributed by atoms with E-state index in [1.807, 2.05) is 24.3 Å². The Kier molecular flexibility index (Phi) is 5.22. The summed E-state index contributed by atoms with van der Waals surface area (Å²) in [5.41, 5.74) is 1.05. The highest BCUT2D eigenvalue weighted by Gasteiger charge is 2.23. The second-order valence-electron chi connectivity index (χ2n) is 6.47. The number of hydrogen-bond donors (Lipinski definition) is 1. The van der Waals surface area contributed by atoms with Crippen LogP contribution >= 0.6 is 27.3 Å². The zero-order chi connectivity index (χ0) is 18.8. The number of hydrogen-bond acceptors (Lipinski definition) is 7. The van der Waals surface area contributed by atoms with Gasteiger partial charge in [0.15, 0.2) is 11.5 Å². The van der Waals surface area contributed by atoms with Crippen LogP contribution in [0.3, 0.4) is 0 Å². The van der Waals surface area contributed by atoms with E-state index >= 15 is 0 Å². The van der Waals surface area contributed by atoms with Gasteiger partial charge >= 0.3 is 0 Å². The van der Waals surface area contributed by atoms with Gasteiger partial charge in [-0.2, -0.15) is 0 Å². The molecule has 4 rings (SSSR count). The van der Waals surface area contributed by atoms with Crippen LogP contribution < -0.4 is 10.2 Å². The number of aromatic nitrogens is 3. The number of amides is 1. The molecule has 9 heteroatoms. The van der Waals surface area contributed by atoms with Crippen LogP contribution in [0.1, 0.15) is 36.7 Å². The minimum absolute atomic E-state index is 0.205. The Labute approximate surface area is 168 Å². The molecule has 0 aliphatic carbocycles. The van der Waals surface area contributed by atoms with E-state index in [-0.39, 0.29) is 11.6 Å². The normalized spacial score (nSPS) is 17.1. The van der Waals surface area contributed by atoms with Crippen LogP contribution in [0.25, 0.3) is 11.3 Å². The lowest BCUT2D eigenvalue weighted by Crippen LogP contribution is -2.37. The molecule has 2 aromatic heterocycles. The number of carbonyl (C=O) groups excluding carboxylic acids is 1. The number of carbonyl (C=O) groups is 1. The molecule has 1 atom stereocenters. The third kappa shape index (κ3) is 4.03. The number of nitrogens with one attached hydrogen (secondary N) is 1. The molecule has 1 amide bonds. The molecule has 0 radical (unpaired) electrons. The molecule has 3 heterocycles. The molecular weight excluding hydrogens is 430 g/mol. The monoisotopic (exact) mass is 447 g/mol. The zero-order valence-corrected chi connectivity index (χ0v) is 17.1. The first-order chi connectivity index (χ1) is 13.1. The van der Waals surface area contributed by atoms with Crippen LogP contribution in [-0.2, 0) is 0 Å². The quantitative estimate of drug-likeness (QED) is 0.629. The zero-order valence-electron chi connectivity index (χ0n) is 14.7. The highest BCUT2D eigenvalue weighted by Crippen LogP contribution is 2.30. The van der Waals surface area contributed by atoms with Gasteiger partial charge in [0.1, 0.15) is 0 Å². The van der Waals surface area contributed by atoms with Crippen molar-refractivity contribution in [2.75, 3.05) is 16.8 Å². The van der Waals surface area contributed by atoms with Crippen LogP contribution in [0, 0.1) is 0 Å². The second kappa shape index (κ2) is 7.77. The third-order valence-corrected chi connectivity index (χ3v) is 5.96. The number of anilines is 2. The van der Waals surface area contributed by atoms with Gasteiger partial charge in [0, 0.05) is 28.7 Å². The maximum atomic E-state index is 12.4. The standard InChI is InChI=1S/C18H18BrN5O2S/c1-11-4-2-3-9-24(11)18-22-21-17(27-18)20-16(25)14-10-15(26-23-14)12-5-7-13(19)8-6-12/h5-8,10-11H,2-4,9H2,1H3,(H,20,21,25)/t11-/m1/s1. The van der Waals surface area contributed by atoms with E-state index in [0.717, 1.165) is 34.6 Å². The van der Waals surface area contributed by atoms with E-state index in [9.17, 15) is 4.79 Å². The molecule has 140 valence electrons. The molecule has 3 aromatic rings. The Morgan fingerprint density at radius 2 is 2.11 bits per heavy atom. The molecule has 1 aromatic carbocycles. The number of halogens is 1. The molecule has 0 unspecified atom stereocenters. The summed E-state index contributed by atoms with van der Waals surface area (Å²) in [7, 11) is 0. The van der Waals surface area contributed by atoms with Crippen molar-refractivity contribution in [3.63, 3.8) is 0 Å². The SMILES string of the molecule is C[C@@H]1CCCCN1c1nnc(NC(=O)c2cc(-c3ccc(Br)cc3)on2)s1. The van der Waals surface area contributed by atoms with Gasteiger partial charge in [-0.1, -0.05) is 44.6 Å². The summed E-state index contributed by atoms with van der Waals surface area (Å²) in [5, 5.41) is 16.2. The van der Waals surface area contributed by atoms with Crippen molar-refractivity contribution in [3.05, 3.63) is 40.5 Å². The molecule has 27 heavy (non-hydrogen) atoms. The summed E-state index contributed by atoms with van der Waals surface area (Å²) in [6, 6.07) is 9.66. The highest BCUT2D eigenvalue weighted by molar-refractivity contribution is 9.10. The Morgan fingerprint density at radius 1 is 1.30 bits per heavy atom. The fraction of sp³-hybridized carbons (Fsp3) is 0.333. The molecule has 1 fully saturated rings. The van der Waals surface area contributed by atoms with E-state index < -0.39 is 0 Å². The lowest BCUT2D eigenvalue weighted by atomic mass is 10.1. The molecule has 1 N–H and O–H groups in total. The van der Waals surface area contributed by atoms with E-state index in [2.05, 4.69) is 48.4 Å². The summed E-state index contributed by atoms with van der Waals surface area (Å²) in [5.74, 6) is 0.171. The van der Waals surface area contributed by atoms with Crippen molar-refractivity contribution in [2.45, 2.75) is 32.2 Å².